The zero-order chi connectivity index (χ0) is 29.1. The lowest BCUT2D eigenvalue weighted by Gasteiger charge is -2.18. The van der Waals surface area contributed by atoms with Crippen molar-refractivity contribution in [2.24, 2.45) is 5.73 Å². The third-order valence-corrected chi connectivity index (χ3v) is 6.16. The number of nitrogens with zero attached hydrogens (tertiary/aromatic N) is 2. The molecule has 1 aromatic carbocycles. The van der Waals surface area contributed by atoms with E-state index in [1.54, 1.807) is 19.1 Å². The van der Waals surface area contributed by atoms with Crippen molar-refractivity contribution in [1.82, 2.24) is 15.2 Å². The van der Waals surface area contributed by atoms with Crippen LogP contribution in [-0.2, 0) is 6.18 Å². The second-order valence-electron chi connectivity index (χ2n) is 9.69. The van der Waals surface area contributed by atoms with Crippen molar-refractivity contribution in [1.29, 1.82) is 5.41 Å². The number of rotatable bonds is 15. The molecule has 0 spiro atoms. The summed E-state index contributed by atoms with van der Waals surface area (Å²) >= 11 is 0. The Bertz CT molecular complexity index is 1300. The summed E-state index contributed by atoms with van der Waals surface area (Å²) in [5.74, 6) is 1.17. The number of unbranched alkanes of at least 4 members (excludes halogenated alkanes) is 5. The lowest BCUT2D eigenvalue weighted by atomic mass is 10.00. The first-order valence-electron chi connectivity index (χ1n) is 13.7. The maximum atomic E-state index is 13.3. The molecule has 0 aliphatic carbocycles. The van der Waals surface area contributed by atoms with Gasteiger partial charge < -0.3 is 15.2 Å². The molecule has 2 heterocycles. The van der Waals surface area contributed by atoms with E-state index in [9.17, 15) is 13.2 Å². The fraction of sp³-hybridized carbons (Fsp3) is 0.433. The molecule has 0 aliphatic rings. The first kappa shape index (κ1) is 30.7. The van der Waals surface area contributed by atoms with Gasteiger partial charge in [0.25, 0.3) is 0 Å². The van der Waals surface area contributed by atoms with E-state index in [1.165, 1.54) is 6.08 Å². The number of alkyl halides is 3. The van der Waals surface area contributed by atoms with Crippen LogP contribution in [-0.4, -0.2) is 34.1 Å². The summed E-state index contributed by atoms with van der Waals surface area (Å²) in [5, 5.41) is 14.4. The number of aromatic nitrogens is 3. The van der Waals surface area contributed by atoms with Crippen LogP contribution in [0.4, 0.5) is 13.2 Å². The summed E-state index contributed by atoms with van der Waals surface area (Å²) < 4.78 is 52.3. The molecule has 7 nitrogen and oxygen atoms in total. The summed E-state index contributed by atoms with van der Waals surface area (Å²) in [6, 6.07) is 9.79. The first-order chi connectivity index (χ1) is 19.1. The molecule has 0 radical (unpaired) electrons. The highest BCUT2D eigenvalue weighted by atomic mass is 19.4. The van der Waals surface area contributed by atoms with Crippen LogP contribution in [0, 0.1) is 5.41 Å². The van der Waals surface area contributed by atoms with Gasteiger partial charge in [-0.1, -0.05) is 52.0 Å². The molecular formula is C30H38F3N5O2. The molecule has 0 saturated carbocycles. The van der Waals surface area contributed by atoms with E-state index in [2.05, 4.69) is 23.9 Å². The molecule has 0 saturated heterocycles. The fourth-order valence-electron chi connectivity index (χ4n) is 4.13. The molecular weight excluding hydrogens is 519 g/mol. The molecule has 0 amide bonds. The molecule has 0 aliphatic heterocycles. The normalized spacial score (nSPS) is 12.0. The number of benzene rings is 1. The summed E-state index contributed by atoms with van der Waals surface area (Å²) in [7, 11) is 0. The third kappa shape index (κ3) is 8.59. The number of H-pyrrole nitrogens is 1. The lowest BCUT2D eigenvalue weighted by Crippen LogP contribution is -2.06. The molecule has 0 fully saturated rings. The van der Waals surface area contributed by atoms with Gasteiger partial charge in [0.2, 0.25) is 0 Å². The van der Waals surface area contributed by atoms with E-state index in [4.69, 9.17) is 20.6 Å². The highest BCUT2D eigenvalue weighted by Gasteiger charge is 2.33. The smallest absolute Gasteiger partial charge is 0.432 e. The number of hydrogen-bond donors (Lipinski definition) is 3. The van der Waals surface area contributed by atoms with Crippen molar-refractivity contribution in [2.45, 2.75) is 71.9 Å². The van der Waals surface area contributed by atoms with Crippen LogP contribution in [0.15, 0.2) is 48.2 Å². The van der Waals surface area contributed by atoms with Crippen LogP contribution >= 0.6 is 0 Å². The van der Waals surface area contributed by atoms with Gasteiger partial charge in [-0.3, -0.25) is 10.5 Å². The summed E-state index contributed by atoms with van der Waals surface area (Å²) in [6.07, 6.45) is 3.97. The van der Waals surface area contributed by atoms with Crippen LogP contribution < -0.4 is 15.2 Å². The first-order valence-corrected chi connectivity index (χ1v) is 13.7. The van der Waals surface area contributed by atoms with Gasteiger partial charge in [0, 0.05) is 5.70 Å². The van der Waals surface area contributed by atoms with E-state index in [0.29, 0.717) is 41.5 Å². The molecule has 0 unspecified atom stereocenters. The third-order valence-electron chi connectivity index (χ3n) is 6.16. The second kappa shape index (κ2) is 14.5. The molecule has 2 aromatic heterocycles. The minimum Gasteiger partial charge on any atom is -0.493 e. The van der Waals surface area contributed by atoms with Crippen LogP contribution in [0.3, 0.4) is 0 Å². The van der Waals surface area contributed by atoms with Crippen molar-refractivity contribution in [3.05, 3.63) is 59.6 Å². The Morgan fingerprint density at radius 3 is 2.15 bits per heavy atom. The standard InChI is InChI=1S/C30H38F3N5O2/c1-4-6-8-10-15-40-27-13-11-12-26(39-14-9-7-5-2)29(27)21-17-23(22(35)16-20(3)34)36-24(18-21)25-19-28(38-37-25)30(31,32)33/h11-13,16-19,35H,4-10,14-15,34H2,1-3H3,(H,37,38). The Kier molecular flexibility index (Phi) is 11.2. The number of aromatic amines is 1. The maximum absolute atomic E-state index is 13.3. The number of nitrogens with one attached hydrogen (secondary N) is 2. The van der Waals surface area contributed by atoms with Gasteiger partial charge in [0.05, 0.1) is 35.9 Å². The topological polar surface area (TPSA) is 110 Å². The van der Waals surface area contributed by atoms with Crippen LogP contribution in [0.5, 0.6) is 11.5 Å². The van der Waals surface area contributed by atoms with E-state index < -0.39 is 11.9 Å². The second-order valence-corrected chi connectivity index (χ2v) is 9.69. The van der Waals surface area contributed by atoms with E-state index in [-0.39, 0.29) is 22.8 Å². The van der Waals surface area contributed by atoms with Crippen molar-refractivity contribution in [2.75, 3.05) is 13.2 Å². The Morgan fingerprint density at radius 1 is 0.950 bits per heavy atom. The average molecular weight is 558 g/mol. The molecule has 3 rings (SSSR count). The molecule has 0 bridgehead atoms. The number of halogens is 3. The van der Waals surface area contributed by atoms with Gasteiger partial charge in [-0.25, -0.2) is 4.98 Å². The fourth-order valence-corrected chi connectivity index (χ4v) is 4.13. The Morgan fingerprint density at radius 2 is 1.57 bits per heavy atom. The van der Waals surface area contributed by atoms with Gasteiger partial charge in [-0.2, -0.15) is 18.3 Å². The van der Waals surface area contributed by atoms with Gasteiger partial charge in [0.1, 0.15) is 22.9 Å². The quantitative estimate of drug-likeness (QED) is 0.130. The number of hydrogen-bond acceptors (Lipinski definition) is 6. The summed E-state index contributed by atoms with van der Waals surface area (Å²) in [5.41, 5.74) is 6.85. The van der Waals surface area contributed by atoms with E-state index in [0.717, 1.165) is 51.0 Å². The van der Waals surface area contributed by atoms with Gasteiger partial charge in [0.15, 0.2) is 0 Å². The SMILES string of the molecule is CCCCCCOc1cccc(OCCCCC)c1-c1cc(C(=N)C=C(C)N)nc(-c2cc(C(F)(F)F)[nH]n2)c1. The van der Waals surface area contributed by atoms with Crippen LogP contribution in [0.2, 0.25) is 0 Å². The van der Waals surface area contributed by atoms with E-state index >= 15 is 0 Å². The maximum Gasteiger partial charge on any atom is 0.432 e. The van der Waals surface area contributed by atoms with Gasteiger partial charge in [-0.15, -0.1) is 0 Å². The monoisotopic (exact) mass is 557 g/mol. The number of nitrogens with two attached hydrogens (primary N) is 1. The summed E-state index contributed by atoms with van der Waals surface area (Å²) in [4.78, 5) is 4.46. The molecule has 4 N–H and O–H groups in total. The van der Waals surface area contributed by atoms with Crippen LogP contribution in [0.1, 0.15) is 77.1 Å². The highest BCUT2D eigenvalue weighted by Crippen LogP contribution is 2.40. The van der Waals surface area contributed by atoms with Crippen LogP contribution in [0.25, 0.3) is 22.5 Å². The Hall–Kier alpha value is -3.82. The molecule has 0 atom stereocenters. The lowest BCUT2D eigenvalue weighted by molar-refractivity contribution is -0.141. The molecule has 216 valence electrons. The Labute approximate surface area is 233 Å². The predicted molar refractivity (Wildman–Crippen MR) is 152 cm³/mol. The predicted octanol–water partition coefficient (Wildman–Crippen LogP) is 7.92. The minimum absolute atomic E-state index is 0.0000502. The van der Waals surface area contributed by atoms with E-state index in [1.807, 2.05) is 23.3 Å². The van der Waals surface area contributed by atoms with Crippen molar-refractivity contribution < 1.29 is 22.6 Å². The highest BCUT2D eigenvalue weighted by molar-refractivity contribution is 6.06. The summed E-state index contributed by atoms with van der Waals surface area (Å²) in [6.45, 7) is 6.92. The van der Waals surface area contributed by atoms with Crippen molar-refractivity contribution >= 4 is 5.71 Å². The molecule has 40 heavy (non-hydrogen) atoms. The molecule has 10 heteroatoms. The minimum atomic E-state index is -4.59. The van der Waals surface area contributed by atoms with Crippen molar-refractivity contribution in [3.63, 3.8) is 0 Å². The zero-order valence-corrected chi connectivity index (χ0v) is 23.3. The van der Waals surface area contributed by atoms with Gasteiger partial charge in [-0.05, 0) is 61.7 Å². The zero-order valence-electron chi connectivity index (χ0n) is 23.3. The van der Waals surface area contributed by atoms with Gasteiger partial charge >= 0.3 is 6.18 Å². The molecule has 3 aromatic rings. The number of pyridine rings is 1. The number of ether oxygens (including phenoxy) is 2. The largest absolute Gasteiger partial charge is 0.493 e. The number of allylic oxidation sites excluding steroid dienone is 2. The Balaban J connectivity index is 2.14. The average Bonchev–Trinajstić information content (AvgIpc) is 3.42. The van der Waals surface area contributed by atoms with Crippen molar-refractivity contribution in [3.8, 4) is 34.0 Å².